The van der Waals surface area contributed by atoms with Gasteiger partial charge in [0.15, 0.2) is 0 Å². The topological polar surface area (TPSA) is 49.4 Å². The van der Waals surface area contributed by atoms with Crippen LogP contribution in [0.1, 0.15) is 18.1 Å². The van der Waals surface area contributed by atoms with Crippen molar-refractivity contribution in [2.24, 2.45) is 0 Å². The molecule has 24 heavy (non-hydrogen) atoms. The van der Waals surface area contributed by atoms with E-state index in [1.807, 2.05) is 32.0 Å². The molecular weight excluding hydrogens is 347 g/mol. The van der Waals surface area contributed by atoms with E-state index in [-0.39, 0.29) is 18.4 Å². The molecule has 0 aromatic heterocycles. The van der Waals surface area contributed by atoms with Crippen LogP contribution in [0.4, 0.5) is 11.4 Å². The lowest BCUT2D eigenvalue weighted by Gasteiger charge is -2.23. The van der Waals surface area contributed by atoms with Crippen molar-refractivity contribution >= 4 is 46.4 Å². The highest BCUT2D eigenvalue weighted by molar-refractivity contribution is 6.35. The van der Waals surface area contributed by atoms with Gasteiger partial charge in [-0.2, -0.15) is 0 Å². The Morgan fingerprint density at radius 3 is 2.50 bits per heavy atom. The van der Waals surface area contributed by atoms with Gasteiger partial charge in [0, 0.05) is 17.6 Å². The standard InChI is InChI=1S/C18H18Cl2N2O2/c1-11-5-4-6-17(12(11)2)22(13(3)23)10-18(24)21-16-9-14(19)7-8-15(16)20/h4-9H,10H2,1-3H3,(H,21,24). The molecule has 0 aliphatic carbocycles. The van der Waals surface area contributed by atoms with Gasteiger partial charge in [-0.05, 0) is 49.2 Å². The molecule has 0 saturated heterocycles. The third kappa shape index (κ3) is 4.28. The van der Waals surface area contributed by atoms with Gasteiger partial charge in [0.2, 0.25) is 11.8 Å². The molecule has 0 unspecified atom stereocenters. The number of hydrogen-bond donors (Lipinski definition) is 1. The zero-order valence-electron chi connectivity index (χ0n) is 13.7. The molecule has 0 bridgehead atoms. The Bertz CT molecular complexity index is 791. The van der Waals surface area contributed by atoms with Crippen molar-refractivity contribution in [1.82, 2.24) is 0 Å². The molecule has 1 N–H and O–H groups in total. The summed E-state index contributed by atoms with van der Waals surface area (Å²) in [6.45, 7) is 5.21. The molecule has 0 heterocycles. The molecule has 0 aliphatic heterocycles. The fourth-order valence-electron chi connectivity index (χ4n) is 2.32. The van der Waals surface area contributed by atoms with Crippen LogP contribution >= 0.6 is 23.2 Å². The monoisotopic (exact) mass is 364 g/mol. The molecule has 126 valence electrons. The highest BCUT2D eigenvalue weighted by Crippen LogP contribution is 2.26. The third-order valence-electron chi connectivity index (χ3n) is 3.75. The van der Waals surface area contributed by atoms with Gasteiger partial charge < -0.3 is 10.2 Å². The van der Waals surface area contributed by atoms with E-state index in [2.05, 4.69) is 5.32 Å². The van der Waals surface area contributed by atoms with Crippen molar-refractivity contribution in [3.63, 3.8) is 0 Å². The maximum atomic E-state index is 12.4. The molecule has 0 fully saturated rings. The van der Waals surface area contributed by atoms with Gasteiger partial charge in [0.25, 0.3) is 0 Å². The molecule has 2 aromatic carbocycles. The Morgan fingerprint density at radius 2 is 1.83 bits per heavy atom. The van der Waals surface area contributed by atoms with Gasteiger partial charge in [0.05, 0.1) is 10.7 Å². The van der Waals surface area contributed by atoms with E-state index >= 15 is 0 Å². The van der Waals surface area contributed by atoms with Crippen LogP contribution in [0.2, 0.25) is 10.0 Å². The number of halogens is 2. The number of benzene rings is 2. The first kappa shape index (κ1) is 18.3. The second kappa shape index (κ2) is 7.69. The van der Waals surface area contributed by atoms with Gasteiger partial charge in [-0.3, -0.25) is 9.59 Å². The number of rotatable bonds is 4. The summed E-state index contributed by atoms with van der Waals surface area (Å²) in [5.74, 6) is -0.564. The molecule has 0 saturated carbocycles. The summed E-state index contributed by atoms with van der Waals surface area (Å²) in [6, 6.07) is 10.5. The highest BCUT2D eigenvalue weighted by Gasteiger charge is 2.18. The first-order chi connectivity index (χ1) is 11.3. The number of aryl methyl sites for hydroxylation is 1. The molecule has 4 nitrogen and oxygen atoms in total. The van der Waals surface area contributed by atoms with Crippen molar-refractivity contribution < 1.29 is 9.59 Å². The third-order valence-corrected chi connectivity index (χ3v) is 4.32. The van der Waals surface area contributed by atoms with Crippen LogP contribution in [0.5, 0.6) is 0 Å². The Labute approximate surface area is 151 Å². The van der Waals surface area contributed by atoms with Gasteiger partial charge in [-0.1, -0.05) is 35.3 Å². The van der Waals surface area contributed by atoms with E-state index in [1.165, 1.54) is 11.8 Å². The Hall–Kier alpha value is -2.04. The summed E-state index contributed by atoms with van der Waals surface area (Å²) in [7, 11) is 0. The van der Waals surface area contributed by atoms with Crippen LogP contribution in [0, 0.1) is 13.8 Å². The van der Waals surface area contributed by atoms with Crippen molar-refractivity contribution in [2.45, 2.75) is 20.8 Å². The number of nitrogens with one attached hydrogen (secondary N) is 1. The molecule has 2 rings (SSSR count). The zero-order valence-corrected chi connectivity index (χ0v) is 15.2. The van der Waals surface area contributed by atoms with E-state index in [0.717, 1.165) is 16.8 Å². The van der Waals surface area contributed by atoms with Crippen molar-refractivity contribution in [2.75, 3.05) is 16.8 Å². The lowest BCUT2D eigenvalue weighted by atomic mass is 10.1. The quantitative estimate of drug-likeness (QED) is 0.861. The Balaban J connectivity index is 2.22. The number of carbonyl (C=O) groups is 2. The second-order valence-electron chi connectivity index (χ2n) is 5.50. The maximum absolute atomic E-state index is 12.4. The summed E-state index contributed by atoms with van der Waals surface area (Å²) in [5, 5.41) is 3.54. The Kier molecular flexibility index (Phi) is 5.86. The van der Waals surface area contributed by atoms with Crippen molar-refractivity contribution in [1.29, 1.82) is 0 Å². The number of hydrogen-bond acceptors (Lipinski definition) is 2. The molecule has 2 amide bonds. The highest BCUT2D eigenvalue weighted by atomic mass is 35.5. The van der Waals surface area contributed by atoms with Gasteiger partial charge in [0.1, 0.15) is 6.54 Å². The number of anilines is 2. The summed E-state index contributed by atoms with van der Waals surface area (Å²) in [6.07, 6.45) is 0. The largest absolute Gasteiger partial charge is 0.323 e. The molecule has 6 heteroatoms. The number of amides is 2. The molecule has 2 aromatic rings. The first-order valence-corrected chi connectivity index (χ1v) is 8.14. The van der Waals surface area contributed by atoms with Gasteiger partial charge in [-0.15, -0.1) is 0 Å². The number of carbonyl (C=O) groups excluding carboxylic acids is 2. The van der Waals surface area contributed by atoms with Crippen molar-refractivity contribution in [3.05, 3.63) is 57.6 Å². The predicted molar refractivity (Wildman–Crippen MR) is 99.0 cm³/mol. The summed E-state index contributed by atoms with van der Waals surface area (Å²) >= 11 is 12.0. The normalized spacial score (nSPS) is 10.4. The number of nitrogens with zero attached hydrogens (tertiary/aromatic N) is 1. The van der Waals surface area contributed by atoms with E-state index in [4.69, 9.17) is 23.2 Å². The SMILES string of the molecule is CC(=O)N(CC(=O)Nc1cc(Cl)ccc1Cl)c1cccc(C)c1C. The lowest BCUT2D eigenvalue weighted by Crippen LogP contribution is -2.37. The summed E-state index contributed by atoms with van der Waals surface area (Å²) < 4.78 is 0. The van der Waals surface area contributed by atoms with Crippen LogP contribution < -0.4 is 10.2 Å². The van der Waals surface area contributed by atoms with E-state index in [1.54, 1.807) is 18.2 Å². The van der Waals surface area contributed by atoms with Crippen LogP contribution in [0.25, 0.3) is 0 Å². The molecule has 0 radical (unpaired) electrons. The minimum absolute atomic E-state index is 0.109. The molecule has 0 spiro atoms. The van der Waals surface area contributed by atoms with Gasteiger partial charge in [-0.25, -0.2) is 0 Å². The summed E-state index contributed by atoms with van der Waals surface area (Å²) in [4.78, 5) is 25.8. The summed E-state index contributed by atoms with van der Waals surface area (Å²) in [5.41, 5.74) is 3.15. The van der Waals surface area contributed by atoms with Crippen LogP contribution in [-0.2, 0) is 9.59 Å². The van der Waals surface area contributed by atoms with E-state index < -0.39 is 0 Å². The Morgan fingerprint density at radius 1 is 1.12 bits per heavy atom. The van der Waals surface area contributed by atoms with Crippen molar-refractivity contribution in [3.8, 4) is 0 Å². The zero-order chi connectivity index (χ0) is 17.9. The predicted octanol–water partition coefficient (Wildman–Crippen LogP) is 4.60. The molecule has 0 atom stereocenters. The van der Waals surface area contributed by atoms with Gasteiger partial charge >= 0.3 is 0 Å². The minimum atomic E-state index is -0.352. The fraction of sp³-hybridized carbons (Fsp3) is 0.222. The van der Waals surface area contributed by atoms with Crippen LogP contribution in [0.3, 0.4) is 0 Å². The average molecular weight is 365 g/mol. The minimum Gasteiger partial charge on any atom is -0.323 e. The maximum Gasteiger partial charge on any atom is 0.244 e. The second-order valence-corrected chi connectivity index (χ2v) is 6.34. The van der Waals surface area contributed by atoms with Crippen LogP contribution in [0.15, 0.2) is 36.4 Å². The van der Waals surface area contributed by atoms with Crippen LogP contribution in [-0.4, -0.2) is 18.4 Å². The lowest BCUT2D eigenvalue weighted by molar-refractivity contribution is -0.120. The van der Waals surface area contributed by atoms with E-state index in [9.17, 15) is 9.59 Å². The first-order valence-electron chi connectivity index (χ1n) is 7.39. The smallest absolute Gasteiger partial charge is 0.244 e. The molecular formula is C18H18Cl2N2O2. The molecule has 0 aliphatic rings. The van der Waals surface area contributed by atoms with E-state index in [0.29, 0.717) is 15.7 Å². The average Bonchev–Trinajstić information content (AvgIpc) is 2.51. The fourth-order valence-corrected chi connectivity index (χ4v) is 2.66.